The van der Waals surface area contributed by atoms with Crippen LogP contribution in [-0.2, 0) is 13.1 Å². The molecule has 106 valence electrons. The van der Waals surface area contributed by atoms with Crippen molar-refractivity contribution in [1.82, 2.24) is 15.3 Å². The quantitative estimate of drug-likeness (QED) is 0.876. The van der Waals surface area contributed by atoms with Gasteiger partial charge in [-0.1, -0.05) is 13.0 Å². The first-order chi connectivity index (χ1) is 9.70. The minimum absolute atomic E-state index is 0.795. The van der Waals surface area contributed by atoms with Gasteiger partial charge in [0.15, 0.2) is 0 Å². The van der Waals surface area contributed by atoms with Gasteiger partial charge in [-0.3, -0.25) is 9.97 Å². The van der Waals surface area contributed by atoms with Crippen molar-refractivity contribution in [3.63, 3.8) is 0 Å². The van der Waals surface area contributed by atoms with Gasteiger partial charge in [-0.05, 0) is 31.7 Å². The molecule has 2 heterocycles. The summed E-state index contributed by atoms with van der Waals surface area (Å²) in [7, 11) is 2.10. The molecule has 0 atom stereocenters. The zero-order valence-electron chi connectivity index (χ0n) is 12.4. The van der Waals surface area contributed by atoms with Crippen LogP contribution in [0.2, 0.25) is 0 Å². The van der Waals surface area contributed by atoms with Crippen molar-refractivity contribution in [2.45, 2.75) is 26.9 Å². The maximum Gasteiger partial charge on any atom is 0.0598 e. The molecule has 0 aromatic carbocycles. The zero-order valence-corrected chi connectivity index (χ0v) is 12.4. The van der Waals surface area contributed by atoms with E-state index >= 15 is 0 Å². The Morgan fingerprint density at radius 2 is 2.10 bits per heavy atom. The summed E-state index contributed by atoms with van der Waals surface area (Å²) in [5, 5.41) is 3.36. The maximum atomic E-state index is 4.40. The van der Waals surface area contributed by atoms with Gasteiger partial charge in [0.2, 0.25) is 0 Å². The molecule has 0 aliphatic carbocycles. The summed E-state index contributed by atoms with van der Waals surface area (Å²) in [6, 6.07) is 8.15. The number of nitrogens with one attached hydrogen (secondary N) is 1. The van der Waals surface area contributed by atoms with Crippen LogP contribution in [0.15, 0.2) is 36.7 Å². The highest BCUT2D eigenvalue weighted by Crippen LogP contribution is 2.21. The molecule has 2 aromatic heterocycles. The number of rotatable bonds is 6. The minimum atomic E-state index is 0.795. The van der Waals surface area contributed by atoms with Gasteiger partial charge in [-0.25, -0.2) is 0 Å². The van der Waals surface area contributed by atoms with Gasteiger partial charge < -0.3 is 10.2 Å². The van der Waals surface area contributed by atoms with Crippen LogP contribution in [0.3, 0.4) is 0 Å². The SMILES string of the molecule is CCNCc1cnc(C)cc1N(C)Cc1ccccn1. The van der Waals surface area contributed by atoms with Crippen molar-refractivity contribution in [1.29, 1.82) is 0 Å². The van der Waals surface area contributed by atoms with Crippen LogP contribution in [0.25, 0.3) is 0 Å². The van der Waals surface area contributed by atoms with Crippen LogP contribution in [0.5, 0.6) is 0 Å². The van der Waals surface area contributed by atoms with E-state index in [0.717, 1.165) is 31.0 Å². The van der Waals surface area contributed by atoms with E-state index in [2.05, 4.69) is 46.3 Å². The van der Waals surface area contributed by atoms with Gasteiger partial charge in [0.05, 0.1) is 12.2 Å². The molecule has 0 saturated carbocycles. The molecule has 0 radical (unpaired) electrons. The van der Waals surface area contributed by atoms with E-state index in [1.165, 1.54) is 11.3 Å². The van der Waals surface area contributed by atoms with Gasteiger partial charge in [-0.2, -0.15) is 0 Å². The molecule has 0 saturated heterocycles. The number of aromatic nitrogens is 2. The summed E-state index contributed by atoms with van der Waals surface area (Å²) in [4.78, 5) is 11.0. The molecule has 0 spiro atoms. The Labute approximate surface area is 120 Å². The summed E-state index contributed by atoms with van der Waals surface area (Å²) < 4.78 is 0. The molecule has 0 fully saturated rings. The van der Waals surface area contributed by atoms with E-state index in [1.807, 2.05) is 31.5 Å². The second-order valence-corrected chi connectivity index (χ2v) is 4.91. The number of anilines is 1. The lowest BCUT2D eigenvalue weighted by atomic mass is 10.2. The van der Waals surface area contributed by atoms with E-state index < -0.39 is 0 Å². The monoisotopic (exact) mass is 270 g/mol. The van der Waals surface area contributed by atoms with E-state index in [1.54, 1.807) is 0 Å². The fraction of sp³-hybridized carbons (Fsp3) is 0.375. The standard InChI is InChI=1S/C16H22N4/c1-4-17-10-14-11-19-13(2)9-16(14)20(3)12-15-7-5-6-8-18-15/h5-9,11,17H,4,10,12H2,1-3H3. The normalized spacial score (nSPS) is 10.6. The third-order valence-corrected chi connectivity index (χ3v) is 3.20. The molecule has 2 rings (SSSR count). The number of aryl methyl sites for hydroxylation is 1. The van der Waals surface area contributed by atoms with E-state index in [4.69, 9.17) is 0 Å². The second kappa shape index (κ2) is 7.01. The molecule has 4 nitrogen and oxygen atoms in total. The molecule has 0 aliphatic heterocycles. The molecular formula is C16H22N4. The lowest BCUT2D eigenvalue weighted by Gasteiger charge is -2.22. The Bertz CT molecular complexity index is 539. The van der Waals surface area contributed by atoms with Crippen LogP contribution in [0.4, 0.5) is 5.69 Å². The fourth-order valence-corrected chi connectivity index (χ4v) is 2.14. The van der Waals surface area contributed by atoms with Gasteiger partial charge >= 0.3 is 0 Å². The van der Waals surface area contributed by atoms with Crippen LogP contribution in [0, 0.1) is 6.92 Å². The summed E-state index contributed by atoms with van der Waals surface area (Å²) in [6.07, 6.45) is 3.79. The molecule has 20 heavy (non-hydrogen) atoms. The van der Waals surface area contributed by atoms with Crippen molar-refractivity contribution in [2.75, 3.05) is 18.5 Å². The highest BCUT2D eigenvalue weighted by molar-refractivity contribution is 5.53. The molecule has 0 aliphatic rings. The molecule has 2 aromatic rings. The van der Waals surface area contributed by atoms with Gasteiger partial charge in [-0.15, -0.1) is 0 Å². The van der Waals surface area contributed by atoms with Crippen molar-refractivity contribution in [3.05, 3.63) is 53.6 Å². The summed E-state index contributed by atoms with van der Waals surface area (Å²) in [6.45, 7) is 6.72. The maximum absolute atomic E-state index is 4.40. The molecule has 4 heteroatoms. The smallest absolute Gasteiger partial charge is 0.0598 e. The predicted molar refractivity (Wildman–Crippen MR) is 82.7 cm³/mol. The summed E-state index contributed by atoms with van der Waals surface area (Å²) >= 11 is 0. The van der Waals surface area contributed by atoms with Crippen molar-refractivity contribution < 1.29 is 0 Å². The molecular weight excluding hydrogens is 248 g/mol. The Balaban J connectivity index is 2.19. The van der Waals surface area contributed by atoms with Crippen LogP contribution < -0.4 is 10.2 Å². The van der Waals surface area contributed by atoms with Crippen LogP contribution >= 0.6 is 0 Å². The Morgan fingerprint density at radius 1 is 1.25 bits per heavy atom. The molecule has 0 bridgehead atoms. The van der Waals surface area contributed by atoms with Crippen LogP contribution in [-0.4, -0.2) is 23.6 Å². The summed E-state index contributed by atoms with van der Waals surface area (Å²) in [5.74, 6) is 0. The first-order valence-corrected chi connectivity index (χ1v) is 6.98. The highest BCUT2D eigenvalue weighted by atomic mass is 15.1. The van der Waals surface area contributed by atoms with E-state index in [-0.39, 0.29) is 0 Å². The number of pyridine rings is 2. The Morgan fingerprint density at radius 3 is 2.80 bits per heavy atom. The van der Waals surface area contributed by atoms with Gasteiger partial charge in [0, 0.05) is 42.9 Å². The third-order valence-electron chi connectivity index (χ3n) is 3.20. The van der Waals surface area contributed by atoms with Gasteiger partial charge in [0.1, 0.15) is 0 Å². The fourth-order valence-electron chi connectivity index (χ4n) is 2.14. The average molecular weight is 270 g/mol. The Kier molecular flexibility index (Phi) is 5.07. The average Bonchev–Trinajstić information content (AvgIpc) is 2.47. The second-order valence-electron chi connectivity index (χ2n) is 4.91. The highest BCUT2D eigenvalue weighted by Gasteiger charge is 2.09. The lowest BCUT2D eigenvalue weighted by molar-refractivity contribution is 0.719. The number of hydrogen-bond acceptors (Lipinski definition) is 4. The number of nitrogens with zero attached hydrogens (tertiary/aromatic N) is 3. The molecule has 1 N–H and O–H groups in total. The Hall–Kier alpha value is -1.94. The van der Waals surface area contributed by atoms with Gasteiger partial charge in [0.25, 0.3) is 0 Å². The minimum Gasteiger partial charge on any atom is -0.368 e. The topological polar surface area (TPSA) is 41.1 Å². The predicted octanol–water partition coefficient (Wildman–Crippen LogP) is 2.53. The van der Waals surface area contributed by atoms with Crippen molar-refractivity contribution >= 4 is 5.69 Å². The summed E-state index contributed by atoms with van der Waals surface area (Å²) in [5.41, 5.74) is 4.53. The van der Waals surface area contributed by atoms with Crippen LogP contribution in [0.1, 0.15) is 23.9 Å². The number of hydrogen-bond donors (Lipinski definition) is 1. The lowest BCUT2D eigenvalue weighted by Crippen LogP contribution is -2.21. The van der Waals surface area contributed by atoms with E-state index in [9.17, 15) is 0 Å². The van der Waals surface area contributed by atoms with Crippen molar-refractivity contribution in [3.8, 4) is 0 Å². The molecule has 0 amide bonds. The van der Waals surface area contributed by atoms with E-state index in [0.29, 0.717) is 0 Å². The first-order valence-electron chi connectivity index (χ1n) is 6.98. The van der Waals surface area contributed by atoms with Crippen molar-refractivity contribution in [2.24, 2.45) is 0 Å². The first kappa shape index (κ1) is 14.5. The molecule has 0 unspecified atom stereocenters. The largest absolute Gasteiger partial charge is 0.368 e. The zero-order chi connectivity index (χ0) is 14.4. The third kappa shape index (κ3) is 3.78.